The third kappa shape index (κ3) is 5.03. The maximum atomic E-state index is 13.6. The highest BCUT2D eigenvalue weighted by Crippen LogP contribution is 2.33. The molecule has 1 unspecified atom stereocenters. The summed E-state index contributed by atoms with van der Waals surface area (Å²) in [5.41, 5.74) is 2.39. The largest absolute Gasteiger partial charge is 0.488 e. The Kier molecular flexibility index (Phi) is 6.98. The highest BCUT2D eigenvalue weighted by atomic mass is 16.5. The molecule has 2 aliphatic heterocycles. The lowest BCUT2D eigenvalue weighted by molar-refractivity contribution is -0.136. The Labute approximate surface area is 225 Å². The molecule has 2 aliphatic rings. The van der Waals surface area contributed by atoms with Crippen molar-refractivity contribution in [2.45, 2.75) is 45.3 Å². The number of piperidine rings is 1. The molecule has 0 spiro atoms. The van der Waals surface area contributed by atoms with Gasteiger partial charge in [-0.1, -0.05) is 56.3 Å². The normalized spacial score (nSPS) is 16.8. The minimum absolute atomic E-state index is 0.00678. The smallest absolute Gasteiger partial charge is 0.264 e. The first-order valence-electron chi connectivity index (χ1n) is 12.7. The van der Waals surface area contributed by atoms with Crippen LogP contribution < -0.4 is 15.4 Å². The fourth-order valence-electron chi connectivity index (χ4n) is 4.75. The van der Waals surface area contributed by atoms with Crippen LogP contribution in [0.1, 0.15) is 74.8 Å². The quantitative estimate of drug-likeness (QED) is 0.449. The zero-order valence-electron chi connectivity index (χ0n) is 21.5. The highest BCUT2D eigenvalue weighted by Gasteiger charge is 2.45. The van der Waals surface area contributed by atoms with Gasteiger partial charge in [0.15, 0.2) is 0 Å². The summed E-state index contributed by atoms with van der Waals surface area (Å²) in [6.07, 6.45) is 0.0628. The van der Waals surface area contributed by atoms with Crippen molar-refractivity contribution in [3.05, 3.63) is 94.5 Å². The second-order valence-electron chi connectivity index (χ2n) is 9.81. The number of hydrogen-bond acceptors (Lipinski definition) is 6. The zero-order chi connectivity index (χ0) is 27.7. The van der Waals surface area contributed by atoms with Crippen LogP contribution >= 0.6 is 0 Å². The van der Waals surface area contributed by atoms with Crippen molar-refractivity contribution in [1.29, 1.82) is 0 Å². The first-order chi connectivity index (χ1) is 18.7. The van der Waals surface area contributed by atoms with E-state index in [2.05, 4.69) is 10.6 Å². The van der Waals surface area contributed by atoms with Gasteiger partial charge >= 0.3 is 0 Å². The molecule has 1 fully saturated rings. The summed E-state index contributed by atoms with van der Waals surface area (Å²) >= 11 is 0. The van der Waals surface area contributed by atoms with E-state index in [-0.39, 0.29) is 47.7 Å². The second-order valence-corrected chi connectivity index (χ2v) is 9.81. The summed E-state index contributed by atoms with van der Waals surface area (Å²) in [4.78, 5) is 65.0. The standard InChI is InChI=1S/C30H27N3O6/c1-17(2)19-11-13-24(39-16-18-7-4-3-5-8-18)21(15-19)27(35)31-22-10-6-9-20-26(22)30(38)33(29(20)37)23-12-14-25(34)32-28(23)36/h3-11,13,15,17,23H,12,14,16H2,1-2H3,(H,31,35)(H,32,34,36). The van der Waals surface area contributed by atoms with E-state index in [1.54, 1.807) is 18.2 Å². The van der Waals surface area contributed by atoms with Crippen LogP contribution in [0.5, 0.6) is 5.75 Å². The number of carbonyl (C=O) groups excluding carboxylic acids is 5. The van der Waals surface area contributed by atoms with Crippen LogP contribution in [0, 0.1) is 0 Å². The number of anilines is 1. The molecule has 0 bridgehead atoms. The van der Waals surface area contributed by atoms with Gasteiger partial charge in [-0.15, -0.1) is 0 Å². The molecule has 0 aromatic heterocycles. The van der Waals surface area contributed by atoms with Gasteiger partial charge in [-0.2, -0.15) is 0 Å². The van der Waals surface area contributed by atoms with Crippen LogP contribution in [0.4, 0.5) is 5.69 Å². The van der Waals surface area contributed by atoms with E-state index in [1.807, 2.05) is 50.2 Å². The molecule has 3 aromatic carbocycles. The first kappa shape index (κ1) is 25.8. The Bertz CT molecular complexity index is 1500. The average molecular weight is 526 g/mol. The summed E-state index contributed by atoms with van der Waals surface area (Å²) in [5, 5.41) is 4.96. The molecule has 0 radical (unpaired) electrons. The van der Waals surface area contributed by atoms with Crippen molar-refractivity contribution in [2.75, 3.05) is 5.32 Å². The van der Waals surface area contributed by atoms with Crippen molar-refractivity contribution < 1.29 is 28.7 Å². The lowest BCUT2D eigenvalue weighted by Crippen LogP contribution is -2.54. The van der Waals surface area contributed by atoms with E-state index in [9.17, 15) is 24.0 Å². The Hall–Kier alpha value is -4.79. The molecule has 39 heavy (non-hydrogen) atoms. The predicted octanol–water partition coefficient (Wildman–Crippen LogP) is 4.04. The Morgan fingerprint density at radius 2 is 1.77 bits per heavy atom. The molecule has 5 amide bonds. The molecule has 2 N–H and O–H groups in total. The fraction of sp³-hybridized carbons (Fsp3) is 0.233. The molecule has 3 aromatic rings. The zero-order valence-corrected chi connectivity index (χ0v) is 21.5. The average Bonchev–Trinajstić information content (AvgIpc) is 3.18. The van der Waals surface area contributed by atoms with Gasteiger partial charge in [0.1, 0.15) is 18.4 Å². The number of benzene rings is 3. The molecule has 198 valence electrons. The van der Waals surface area contributed by atoms with Crippen LogP contribution in [0.15, 0.2) is 66.7 Å². The Balaban J connectivity index is 1.43. The molecule has 1 atom stereocenters. The molecule has 9 nitrogen and oxygen atoms in total. The number of nitrogens with zero attached hydrogens (tertiary/aromatic N) is 1. The number of carbonyl (C=O) groups is 5. The summed E-state index contributed by atoms with van der Waals surface area (Å²) in [7, 11) is 0. The molecule has 5 rings (SSSR count). The lowest BCUT2D eigenvalue weighted by atomic mass is 9.99. The SMILES string of the molecule is CC(C)c1ccc(OCc2ccccc2)c(C(=O)Nc2cccc3c2C(=O)N(C2CCC(=O)NC2=O)C3=O)c1. The molecule has 9 heteroatoms. The van der Waals surface area contributed by atoms with Gasteiger partial charge in [-0.25, -0.2) is 0 Å². The minimum atomic E-state index is -1.10. The molecule has 2 heterocycles. The van der Waals surface area contributed by atoms with Crippen LogP contribution in [-0.2, 0) is 16.2 Å². The van der Waals surface area contributed by atoms with Crippen LogP contribution in [0.25, 0.3) is 0 Å². The molecule has 1 saturated heterocycles. The van der Waals surface area contributed by atoms with Gasteiger partial charge in [-0.05, 0) is 47.7 Å². The predicted molar refractivity (Wildman–Crippen MR) is 142 cm³/mol. The van der Waals surface area contributed by atoms with E-state index in [1.165, 1.54) is 12.1 Å². The van der Waals surface area contributed by atoms with Gasteiger partial charge in [0, 0.05) is 6.42 Å². The minimum Gasteiger partial charge on any atom is -0.488 e. The van der Waals surface area contributed by atoms with Gasteiger partial charge in [-0.3, -0.25) is 34.2 Å². The van der Waals surface area contributed by atoms with Crippen LogP contribution in [0.3, 0.4) is 0 Å². The van der Waals surface area contributed by atoms with E-state index in [4.69, 9.17) is 4.74 Å². The number of fused-ring (bicyclic) bond motifs is 1. The van der Waals surface area contributed by atoms with Gasteiger partial charge in [0.2, 0.25) is 11.8 Å². The number of imide groups is 2. The molecule has 0 saturated carbocycles. The van der Waals surface area contributed by atoms with E-state index in [0.29, 0.717) is 5.75 Å². The third-order valence-electron chi connectivity index (χ3n) is 6.87. The van der Waals surface area contributed by atoms with Gasteiger partial charge in [0.25, 0.3) is 17.7 Å². The highest BCUT2D eigenvalue weighted by molar-refractivity contribution is 6.26. The summed E-state index contributed by atoms with van der Waals surface area (Å²) < 4.78 is 6.00. The number of hydrogen-bond donors (Lipinski definition) is 2. The molecular weight excluding hydrogens is 498 g/mol. The Morgan fingerprint density at radius 3 is 2.49 bits per heavy atom. The second kappa shape index (κ2) is 10.5. The number of nitrogens with one attached hydrogen (secondary N) is 2. The molecular formula is C30H27N3O6. The van der Waals surface area contributed by atoms with Crippen molar-refractivity contribution in [1.82, 2.24) is 10.2 Å². The van der Waals surface area contributed by atoms with E-state index < -0.39 is 35.6 Å². The monoisotopic (exact) mass is 525 g/mol. The number of amides is 5. The summed E-state index contributed by atoms with van der Waals surface area (Å²) in [6.45, 7) is 4.29. The van der Waals surface area contributed by atoms with Gasteiger partial charge < -0.3 is 10.1 Å². The fourth-order valence-corrected chi connectivity index (χ4v) is 4.75. The van der Waals surface area contributed by atoms with E-state index >= 15 is 0 Å². The molecule has 0 aliphatic carbocycles. The van der Waals surface area contributed by atoms with E-state index in [0.717, 1.165) is 16.0 Å². The van der Waals surface area contributed by atoms with Crippen LogP contribution in [-0.4, -0.2) is 40.5 Å². The van der Waals surface area contributed by atoms with Crippen molar-refractivity contribution in [2.24, 2.45) is 0 Å². The van der Waals surface area contributed by atoms with Crippen LogP contribution in [0.2, 0.25) is 0 Å². The van der Waals surface area contributed by atoms with Gasteiger partial charge in [0.05, 0.1) is 22.4 Å². The summed E-state index contributed by atoms with van der Waals surface area (Å²) in [5.74, 6) is -2.46. The summed E-state index contributed by atoms with van der Waals surface area (Å²) in [6, 6.07) is 18.4. The number of ether oxygens (including phenoxy) is 1. The Morgan fingerprint density at radius 1 is 1.00 bits per heavy atom. The van der Waals surface area contributed by atoms with Crippen molar-refractivity contribution >= 4 is 35.2 Å². The van der Waals surface area contributed by atoms with Crippen molar-refractivity contribution in [3.8, 4) is 5.75 Å². The van der Waals surface area contributed by atoms with Crippen molar-refractivity contribution in [3.63, 3.8) is 0 Å². The maximum absolute atomic E-state index is 13.6. The topological polar surface area (TPSA) is 122 Å². The number of rotatable bonds is 7. The first-order valence-corrected chi connectivity index (χ1v) is 12.7. The lowest BCUT2D eigenvalue weighted by Gasteiger charge is -2.27. The maximum Gasteiger partial charge on any atom is 0.264 e. The third-order valence-corrected chi connectivity index (χ3v) is 6.87.